The molecule has 0 heterocycles. The summed E-state index contributed by atoms with van der Waals surface area (Å²) in [5.74, 6) is 1.53. The number of fused-ring (bicyclic) bond motifs is 1. The Hall–Kier alpha value is -1.86. The summed E-state index contributed by atoms with van der Waals surface area (Å²) in [4.78, 5) is 0. The number of hydrogen-bond donors (Lipinski definition) is 2. The summed E-state index contributed by atoms with van der Waals surface area (Å²) in [5.41, 5.74) is 0. The van der Waals surface area contributed by atoms with E-state index in [2.05, 4.69) is 0 Å². The monoisotopic (exact) mass is 336 g/mol. The maximum absolute atomic E-state index is 8.67. The summed E-state index contributed by atoms with van der Waals surface area (Å²) >= 11 is 0. The fourth-order valence-corrected chi connectivity index (χ4v) is 2.26. The number of hydrogen-bond acceptors (Lipinski definition) is 6. The molecule has 0 atom stereocenters. The molecule has 24 heavy (non-hydrogen) atoms. The van der Waals surface area contributed by atoms with Crippen LogP contribution in [0.3, 0.4) is 0 Å². The highest BCUT2D eigenvalue weighted by Crippen LogP contribution is 2.32. The molecule has 0 saturated carbocycles. The van der Waals surface area contributed by atoms with Crippen molar-refractivity contribution < 1.29 is 29.2 Å². The molecule has 0 aliphatic heterocycles. The Morgan fingerprint density at radius 3 is 1.46 bits per heavy atom. The lowest BCUT2D eigenvalue weighted by Gasteiger charge is -2.13. The highest BCUT2D eigenvalue weighted by atomic mass is 16.5. The van der Waals surface area contributed by atoms with Gasteiger partial charge in [0, 0.05) is 10.8 Å². The Kier molecular flexibility index (Phi) is 8.34. The second-order valence-electron chi connectivity index (χ2n) is 4.98. The van der Waals surface area contributed by atoms with E-state index in [0.29, 0.717) is 39.6 Å². The van der Waals surface area contributed by atoms with Crippen molar-refractivity contribution in [3.05, 3.63) is 36.4 Å². The van der Waals surface area contributed by atoms with Gasteiger partial charge in [-0.2, -0.15) is 0 Å². The van der Waals surface area contributed by atoms with Gasteiger partial charge in [0.2, 0.25) is 0 Å². The van der Waals surface area contributed by atoms with Gasteiger partial charge >= 0.3 is 0 Å². The van der Waals surface area contributed by atoms with Crippen LogP contribution in [0.15, 0.2) is 36.4 Å². The van der Waals surface area contributed by atoms with Crippen LogP contribution < -0.4 is 9.47 Å². The standard InChI is InChI=1S/C18H24O6/c19-7-9-21-11-13-23-17-5-1-3-15-16(17)4-2-6-18(15)24-14-12-22-10-8-20/h1-6,19-20H,7-14H2. The van der Waals surface area contributed by atoms with Gasteiger partial charge in [-0.15, -0.1) is 0 Å². The third-order valence-electron chi connectivity index (χ3n) is 3.28. The van der Waals surface area contributed by atoms with E-state index in [0.717, 1.165) is 22.3 Å². The minimum absolute atomic E-state index is 0.0109. The van der Waals surface area contributed by atoms with E-state index in [-0.39, 0.29) is 13.2 Å². The predicted molar refractivity (Wildman–Crippen MR) is 90.7 cm³/mol. The molecule has 2 aromatic rings. The third-order valence-corrected chi connectivity index (χ3v) is 3.28. The summed E-state index contributed by atoms with van der Waals surface area (Å²) in [6, 6.07) is 11.6. The molecule has 0 saturated heterocycles. The van der Waals surface area contributed by atoms with Crippen molar-refractivity contribution in [1.82, 2.24) is 0 Å². The van der Waals surface area contributed by atoms with Crippen LogP contribution in [0.2, 0.25) is 0 Å². The maximum atomic E-state index is 8.67. The van der Waals surface area contributed by atoms with Crippen molar-refractivity contribution >= 4 is 10.8 Å². The molecule has 0 aromatic heterocycles. The second-order valence-corrected chi connectivity index (χ2v) is 4.98. The first-order chi connectivity index (χ1) is 11.9. The van der Waals surface area contributed by atoms with Gasteiger partial charge in [-0.05, 0) is 12.1 Å². The molecule has 132 valence electrons. The first-order valence-electron chi connectivity index (χ1n) is 8.01. The van der Waals surface area contributed by atoms with Gasteiger partial charge in [-0.25, -0.2) is 0 Å². The van der Waals surface area contributed by atoms with Crippen molar-refractivity contribution in [2.24, 2.45) is 0 Å². The molecule has 2 aromatic carbocycles. The summed E-state index contributed by atoms with van der Waals surface area (Å²) in [6.07, 6.45) is 0. The molecule has 0 fully saturated rings. The molecule has 6 heteroatoms. The number of aliphatic hydroxyl groups is 2. The zero-order chi connectivity index (χ0) is 17.0. The Balaban J connectivity index is 1.97. The van der Waals surface area contributed by atoms with Crippen LogP contribution in [0.4, 0.5) is 0 Å². The molecule has 0 aliphatic rings. The van der Waals surface area contributed by atoms with Gasteiger partial charge < -0.3 is 29.2 Å². The highest BCUT2D eigenvalue weighted by Gasteiger charge is 2.07. The normalized spacial score (nSPS) is 10.9. The minimum atomic E-state index is 0.0109. The third kappa shape index (κ3) is 5.65. The zero-order valence-electron chi connectivity index (χ0n) is 13.6. The molecule has 0 aliphatic carbocycles. The average molecular weight is 336 g/mol. The Morgan fingerprint density at radius 1 is 0.583 bits per heavy atom. The predicted octanol–water partition coefficient (Wildman–Crippen LogP) is 1.62. The first-order valence-corrected chi connectivity index (χ1v) is 8.01. The maximum Gasteiger partial charge on any atom is 0.127 e. The van der Waals surface area contributed by atoms with Crippen molar-refractivity contribution in [2.45, 2.75) is 0 Å². The molecule has 0 amide bonds. The zero-order valence-corrected chi connectivity index (χ0v) is 13.6. The van der Waals surface area contributed by atoms with Crippen molar-refractivity contribution in [3.63, 3.8) is 0 Å². The van der Waals surface area contributed by atoms with Crippen LogP contribution >= 0.6 is 0 Å². The number of ether oxygens (including phenoxy) is 4. The van der Waals surface area contributed by atoms with Crippen molar-refractivity contribution in [2.75, 3.05) is 52.9 Å². The fourth-order valence-electron chi connectivity index (χ4n) is 2.26. The fraction of sp³-hybridized carbons (Fsp3) is 0.444. The van der Waals surface area contributed by atoms with E-state index in [1.165, 1.54) is 0 Å². The summed E-state index contributed by atoms with van der Waals surface area (Å²) in [5, 5.41) is 19.3. The van der Waals surface area contributed by atoms with Crippen molar-refractivity contribution in [1.29, 1.82) is 0 Å². The average Bonchev–Trinajstić information content (AvgIpc) is 2.61. The van der Waals surface area contributed by atoms with E-state index in [1.807, 2.05) is 36.4 Å². The van der Waals surface area contributed by atoms with Crippen LogP contribution in [0.25, 0.3) is 10.8 Å². The van der Waals surface area contributed by atoms with E-state index < -0.39 is 0 Å². The molecule has 2 rings (SSSR count). The Morgan fingerprint density at radius 2 is 1.04 bits per heavy atom. The van der Waals surface area contributed by atoms with Crippen LogP contribution in [-0.2, 0) is 9.47 Å². The van der Waals surface area contributed by atoms with Gasteiger partial charge in [0.1, 0.15) is 24.7 Å². The number of rotatable bonds is 12. The van der Waals surface area contributed by atoms with E-state index in [9.17, 15) is 0 Å². The molecule has 0 unspecified atom stereocenters. The van der Waals surface area contributed by atoms with E-state index >= 15 is 0 Å². The van der Waals surface area contributed by atoms with E-state index in [1.54, 1.807) is 0 Å². The lowest BCUT2D eigenvalue weighted by molar-refractivity contribution is 0.0705. The van der Waals surface area contributed by atoms with Gasteiger partial charge in [0.05, 0.1) is 39.6 Å². The summed E-state index contributed by atoms with van der Waals surface area (Å²) in [7, 11) is 0. The summed E-state index contributed by atoms with van der Waals surface area (Å²) in [6.45, 7) is 2.33. The lowest BCUT2D eigenvalue weighted by Crippen LogP contribution is -2.10. The van der Waals surface area contributed by atoms with Crippen LogP contribution in [0.1, 0.15) is 0 Å². The minimum Gasteiger partial charge on any atom is -0.491 e. The smallest absolute Gasteiger partial charge is 0.127 e. The van der Waals surface area contributed by atoms with E-state index in [4.69, 9.17) is 29.2 Å². The molecular weight excluding hydrogens is 312 g/mol. The SMILES string of the molecule is OCCOCCOc1cccc2c(OCCOCCO)cccc12. The summed E-state index contributed by atoms with van der Waals surface area (Å²) < 4.78 is 21.9. The lowest BCUT2D eigenvalue weighted by atomic mass is 10.1. The molecule has 6 nitrogen and oxygen atoms in total. The van der Waals surface area contributed by atoms with Crippen LogP contribution in [0.5, 0.6) is 11.5 Å². The second kappa shape index (κ2) is 10.8. The molecular formula is C18H24O6. The number of aliphatic hydroxyl groups excluding tert-OH is 2. The van der Waals surface area contributed by atoms with Gasteiger partial charge in [-0.1, -0.05) is 24.3 Å². The molecule has 0 spiro atoms. The molecule has 0 radical (unpaired) electrons. The van der Waals surface area contributed by atoms with Gasteiger partial charge in [0.15, 0.2) is 0 Å². The quantitative estimate of drug-likeness (QED) is 0.574. The Bertz CT molecular complexity index is 548. The molecule has 2 N–H and O–H groups in total. The highest BCUT2D eigenvalue weighted by molar-refractivity contribution is 5.93. The van der Waals surface area contributed by atoms with Gasteiger partial charge in [0.25, 0.3) is 0 Å². The Labute approximate surface area is 141 Å². The van der Waals surface area contributed by atoms with Crippen LogP contribution in [-0.4, -0.2) is 63.1 Å². The first kappa shape index (κ1) is 18.5. The topological polar surface area (TPSA) is 77.4 Å². The van der Waals surface area contributed by atoms with Crippen molar-refractivity contribution in [3.8, 4) is 11.5 Å². The van der Waals surface area contributed by atoms with Gasteiger partial charge in [-0.3, -0.25) is 0 Å². The van der Waals surface area contributed by atoms with Crippen LogP contribution in [0, 0.1) is 0 Å². The number of benzene rings is 2. The largest absolute Gasteiger partial charge is 0.491 e. The molecule has 0 bridgehead atoms.